The first-order chi connectivity index (χ1) is 17.8. The molecule has 1 aromatic heterocycles. The molecule has 37 heavy (non-hydrogen) atoms. The lowest BCUT2D eigenvalue weighted by Gasteiger charge is -2.30. The van der Waals surface area contributed by atoms with E-state index in [4.69, 9.17) is 9.47 Å². The molecule has 0 atom stereocenters. The highest BCUT2D eigenvalue weighted by molar-refractivity contribution is 6.05. The fourth-order valence-electron chi connectivity index (χ4n) is 4.16. The molecule has 0 aliphatic heterocycles. The summed E-state index contributed by atoms with van der Waals surface area (Å²) < 4.78 is 37.4. The molecule has 8 nitrogen and oxygen atoms in total. The minimum absolute atomic E-state index is 0.0841. The van der Waals surface area contributed by atoms with Crippen LogP contribution >= 0.6 is 0 Å². The number of halogens is 2. The number of nitrogens with zero attached hydrogens (tertiary/aromatic N) is 1. The van der Waals surface area contributed by atoms with Crippen molar-refractivity contribution in [2.75, 3.05) is 7.11 Å². The quantitative estimate of drug-likeness (QED) is 0.457. The molecule has 1 aliphatic rings. The lowest BCUT2D eigenvalue weighted by atomic mass is 9.90. The predicted octanol–water partition coefficient (Wildman–Crippen LogP) is 4.41. The lowest BCUT2D eigenvalue weighted by molar-refractivity contribution is 0.0596. The van der Waals surface area contributed by atoms with Gasteiger partial charge in [0.1, 0.15) is 22.9 Å². The summed E-state index contributed by atoms with van der Waals surface area (Å²) in [5, 5.41) is 5.82. The highest BCUT2D eigenvalue weighted by atomic mass is 19.1. The molecule has 1 heterocycles. The Hall–Kier alpha value is -4.34. The van der Waals surface area contributed by atoms with Crippen LogP contribution in [0.2, 0.25) is 0 Å². The topological polar surface area (TPSA) is 107 Å². The van der Waals surface area contributed by atoms with Crippen LogP contribution in [-0.4, -0.2) is 42.0 Å². The molecule has 4 rings (SSSR count). The first kappa shape index (κ1) is 25.7. The number of hydrogen-bond donors (Lipinski definition) is 2. The smallest absolute Gasteiger partial charge is 0.338 e. The number of benzene rings is 2. The van der Waals surface area contributed by atoms with Crippen LogP contribution < -0.4 is 15.4 Å². The fraction of sp³-hybridized carbons (Fsp3) is 0.259. The normalized spacial score (nSPS) is 16.9. The molecule has 1 saturated carbocycles. The van der Waals surface area contributed by atoms with Gasteiger partial charge in [0.15, 0.2) is 0 Å². The SMILES string of the molecule is COC(=O)c1ccccc1C(=O)NC1CCC(NC(=O)c2cc(F)cnc2Oc2ccc(F)cc2)CC1. The zero-order valence-electron chi connectivity index (χ0n) is 20.0. The van der Waals surface area contributed by atoms with Gasteiger partial charge in [0.05, 0.1) is 24.4 Å². The molecule has 2 amide bonds. The maximum atomic E-state index is 13.9. The third-order valence-corrected chi connectivity index (χ3v) is 6.07. The Labute approximate surface area is 212 Å². The van der Waals surface area contributed by atoms with E-state index in [2.05, 4.69) is 15.6 Å². The fourth-order valence-corrected chi connectivity index (χ4v) is 4.16. The van der Waals surface area contributed by atoms with Crippen LogP contribution in [0, 0.1) is 11.6 Å². The van der Waals surface area contributed by atoms with Gasteiger partial charge in [-0.05, 0) is 68.1 Å². The Bertz CT molecular complexity index is 1290. The Balaban J connectivity index is 1.35. The van der Waals surface area contributed by atoms with E-state index in [1.807, 2.05) is 0 Å². The summed E-state index contributed by atoms with van der Waals surface area (Å²) in [5.41, 5.74) is 0.335. The summed E-state index contributed by atoms with van der Waals surface area (Å²) in [6.07, 6.45) is 3.27. The van der Waals surface area contributed by atoms with Gasteiger partial charge < -0.3 is 20.1 Å². The van der Waals surface area contributed by atoms with Crippen LogP contribution in [0.5, 0.6) is 11.6 Å². The second-order valence-electron chi connectivity index (χ2n) is 8.59. The van der Waals surface area contributed by atoms with Crippen molar-refractivity contribution >= 4 is 17.8 Å². The van der Waals surface area contributed by atoms with E-state index < -0.39 is 23.5 Å². The van der Waals surface area contributed by atoms with Crippen molar-refractivity contribution in [1.82, 2.24) is 15.6 Å². The van der Waals surface area contributed by atoms with Crippen molar-refractivity contribution in [1.29, 1.82) is 0 Å². The van der Waals surface area contributed by atoms with Gasteiger partial charge in [-0.25, -0.2) is 18.6 Å². The van der Waals surface area contributed by atoms with Crippen molar-refractivity contribution < 1.29 is 32.6 Å². The molecule has 0 radical (unpaired) electrons. The summed E-state index contributed by atoms with van der Waals surface area (Å²) in [6.45, 7) is 0. The second kappa shape index (κ2) is 11.6. The standard InChI is InChI=1S/C27H25F2N3O5/c1-36-27(35)22-5-3-2-4-21(22)24(33)31-18-8-10-19(11-9-18)32-25(34)23-14-17(29)15-30-26(23)37-20-12-6-16(28)7-13-20/h2-7,12-15,18-19H,8-11H2,1H3,(H,31,33)(H,32,34). The molecule has 0 spiro atoms. The molecule has 2 N–H and O–H groups in total. The summed E-state index contributed by atoms with van der Waals surface area (Å²) in [6, 6.07) is 12.3. The molecule has 192 valence electrons. The molecule has 0 unspecified atom stereocenters. The van der Waals surface area contributed by atoms with Crippen LogP contribution in [0.15, 0.2) is 60.8 Å². The zero-order chi connectivity index (χ0) is 26.4. The van der Waals surface area contributed by atoms with E-state index in [0.29, 0.717) is 25.7 Å². The Morgan fingerprint density at radius 3 is 1.97 bits per heavy atom. The monoisotopic (exact) mass is 509 g/mol. The van der Waals surface area contributed by atoms with Gasteiger partial charge in [-0.1, -0.05) is 12.1 Å². The van der Waals surface area contributed by atoms with Crippen LogP contribution in [0.3, 0.4) is 0 Å². The Morgan fingerprint density at radius 1 is 0.811 bits per heavy atom. The second-order valence-corrected chi connectivity index (χ2v) is 8.59. The molecule has 1 fully saturated rings. The predicted molar refractivity (Wildman–Crippen MR) is 129 cm³/mol. The Morgan fingerprint density at radius 2 is 1.38 bits per heavy atom. The number of methoxy groups -OCH3 is 1. The average molecular weight is 510 g/mol. The van der Waals surface area contributed by atoms with Crippen LogP contribution in [-0.2, 0) is 4.74 Å². The van der Waals surface area contributed by atoms with Crippen molar-refractivity contribution in [2.45, 2.75) is 37.8 Å². The minimum Gasteiger partial charge on any atom is -0.465 e. The number of ether oxygens (including phenoxy) is 2. The van der Waals surface area contributed by atoms with Crippen molar-refractivity contribution in [3.05, 3.63) is 89.1 Å². The van der Waals surface area contributed by atoms with Gasteiger partial charge in [-0.2, -0.15) is 0 Å². The van der Waals surface area contributed by atoms with Gasteiger partial charge >= 0.3 is 5.97 Å². The molecule has 1 aliphatic carbocycles. The van der Waals surface area contributed by atoms with Gasteiger partial charge in [0, 0.05) is 12.1 Å². The van der Waals surface area contributed by atoms with Crippen LogP contribution in [0.25, 0.3) is 0 Å². The van der Waals surface area contributed by atoms with Gasteiger partial charge in [0.2, 0.25) is 5.88 Å². The molecular formula is C27H25F2N3O5. The summed E-state index contributed by atoms with van der Waals surface area (Å²) in [4.78, 5) is 41.5. The van der Waals surface area contributed by atoms with Crippen LogP contribution in [0.1, 0.15) is 56.8 Å². The van der Waals surface area contributed by atoms with E-state index >= 15 is 0 Å². The highest BCUT2D eigenvalue weighted by Crippen LogP contribution is 2.25. The first-order valence-electron chi connectivity index (χ1n) is 11.7. The zero-order valence-corrected chi connectivity index (χ0v) is 20.0. The molecule has 0 bridgehead atoms. The molecule has 0 saturated heterocycles. The van der Waals surface area contributed by atoms with Crippen molar-refractivity contribution in [3.8, 4) is 11.6 Å². The number of amides is 2. The van der Waals surface area contributed by atoms with E-state index in [9.17, 15) is 23.2 Å². The number of carbonyl (C=O) groups is 3. The van der Waals surface area contributed by atoms with Gasteiger partial charge in [-0.15, -0.1) is 0 Å². The number of hydrogen-bond acceptors (Lipinski definition) is 6. The van der Waals surface area contributed by atoms with Crippen LogP contribution in [0.4, 0.5) is 8.78 Å². The van der Waals surface area contributed by atoms with Crippen molar-refractivity contribution in [3.63, 3.8) is 0 Å². The number of nitrogens with one attached hydrogen (secondary N) is 2. The maximum Gasteiger partial charge on any atom is 0.338 e. The third kappa shape index (κ3) is 6.46. The summed E-state index contributed by atoms with van der Waals surface area (Å²) in [7, 11) is 1.25. The molecule has 2 aromatic carbocycles. The largest absolute Gasteiger partial charge is 0.465 e. The molecule has 3 aromatic rings. The van der Waals surface area contributed by atoms with Crippen molar-refractivity contribution in [2.24, 2.45) is 0 Å². The summed E-state index contributed by atoms with van der Waals surface area (Å²) in [5.74, 6) is -2.51. The number of rotatable bonds is 7. The van der Waals surface area contributed by atoms with E-state index in [0.717, 1.165) is 12.3 Å². The molecular weight excluding hydrogens is 484 g/mol. The number of carbonyl (C=O) groups excluding carboxylic acids is 3. The Kier molecular flexibility index (Phi) is 8.07. The minimum atomic E-state index is -0.699. The van der Waals surface area contributed by atoms with E-state index in [-0.39, 0.29) is 46.3 Å². The number of pyridine rings is 1. The first-order valence-corrected chi connectivity index (χ1v) is 11.7. The maximum absolute atomic E-state index is 13.9. The van der Waals surface area contributed by atoms with Gasteiger partial charge in [0.25, 0.3) is 11.8 Å². The third-order valence-electron chi connectivity index (χ3n) is 6.07. The average Bonchev–Trinajstić information content (AvgIpc) is 2.91. The molecule has 10 heteroatoms. The number of aromatic nitrogens is 1. The van der Waals surface area contributed by atoms with Gasteiger partial charge in [-0.3, -0.25) is 9.59 Å². The lowest BCUT2D eigenvalue weighted by Crippen LogP contribution is -2.44. The van der Waals surface area contributed by atoms with E-state index in [1.165, 1.54) is 37.4 Å². The number of esters is 1. The highest BCUT2D eigenvalue weighted by Gasteiger charge is 2.27. The summed E-state index contributed by atoms with van der Waals surface area (Å²) >= 11 is 0. The van der Waals surface area contributed by atoms with E-state index in [1.54, 1.807) is 18.2 Å².